The van der Waals surface area contributed by atoms with Gasteiger partial charge in [0, 0.05) is 18.7 Å². The normalized spacial score (nSPS) is 10.9. The standard InChI is InChI=1S/C15H24N2OS/c1-3-4-7-17(8-9-18)11-14-6-5-13(15(16)19)10-12(14)2/h5-6,10,18H,3-4,7-9,11H2,1-2H3,(H2,16,19). The van der Waals surface area contributed by atoms with Gasteiger partial charge in [0.1, 0.15) is 4.99 Å². The zero-order valence-corrected chi connectivity index (χ0v) is 12.7. The zero-order chi connectivity index (χ0) is 14.3. The summed E-state index contributed by atoms with van der Waals surface area (Å²) in [6, 6.07) is 6.09. The number of benzene rings is 1. The fourth-order valence-electron chi connectivity index (χ4n) is 2.06. The summed E-state index contributed by atoms with van der Waals surface area (Å²) in [5.41, 5.74) is 9.02. The van der Waals surface area contributed by atoms with Gasteiger partial charge in [0.15, 0.2) is 0 Å². The smallest absolute Gasteiger partial charge is 0.103 e. The molecule has 0 aliphatic rings. The van der Waals surface area contributed by atoms with E-state index in [1.807, 2.05) is 12.1 Å². The van der Waals surface area contributed by atoms with E-state index in [0.717, 1.165) is 31.6 Å². The van der Waals surface area contributed by atoms with Crippen molar-refractivity contribution in [2.75, 3.05) is 19.7 Å². The van der Waals surface area contributed by atoms with E-state index in [1.54, 1.807) is 0 Å². The van der Waals surface area contributed by atoms with Crippen LogP contribution in [0.25, 0.3) is 0 Å². The van der Waals surface area contributed by atoms with Crippen molar-refractivity contribution in [1.29, 1.82) is 0 Å². The number of aryl methyl sites for hydroxylation is 1. The average molecular weight is 280 g/mol. The van der Waals surface area contributed by atoms with Crippen molar-refractivity contribution in [2.24, 2.45) is 5.73 Å². The van der Waals surface area contributed by atoms with Gasteiger partial charge in [-0.2, -0.15) is 0 Å². The van der Waals surface area contributed by atoms with Crippen LogP contribution in [0.3, 0.4) is 0 Å². The number of hydrogen-bond acceptors (Lipinski definition) is 3. The van der Waals surface area contributed by atoms with Gasteiger partial charge in [-0.05, 0) is 37.1 Å². The lowest BCUT2D eigenvalue weighted by Crippen LogP contribution is -2.28. The molecular formula is C15H24N2OS. The average Bonchev–Trinajstić information content (AvgIpc) is 2.38. The van der Waals surface area contributed by atoms with Crippen molar-refractivity contribution in [1.82, 2.24) is 4.90 Å². The minimum absolute atomic E-state index is 0.202. The van der Waals surface area contributed by atoms with E-state index in [4.69, 9.17) is 23.1 Å². The van der Waals surface area contributed by atoms with Crippen LogP contribution in [0.5, 0.6) is 0 Å². The van der Waals surface area contributed by atoms with Crippen molar-refractivity contribution >= 4 is 17.2 Å². The monoisotopic (exact) mass is 280 g/mol. The molecule has 0 fully saturated rings. The molecule has 0 atom stereocenters. The second-order valence-electron chi connectivity index (χ2n) is 4.86. The van der Waals surface area contributed by atoms with E-state index in [1.165, 1.54) is 17.5 Å². The van der Waals surface area contributed by atoms with Crippen molar-refractivity contribution in [3.63, 3.8) is 0 Å². The quantitative estimate of drug-likeness (QED) is 0.717. The molecule has 1 aromatic rings. The van der Waals surface area contributed by atoms with Gasteiger partial charge >= 0.3 is 0 Å². The summed E-state index contributed by atoms with van der Waals surface area (Å²) in [6.07, 6.45) is 2.32. The van der Waals surface area contributed by atoms with Crippen molar-refractivity contribution in [3.8, 4) is 0 Å². The van der Waals surface area contributed by atoms with Crippen LogP contribution in [0.2, 0.25) is 0 Å². The fraction of sp³-hybridized carbons (Fsp3) is 0.533. The lowest BCUT2D eigenvalue weighted by atomic mass is 10.0. The second kappa shape index (κ2) is 8.25. The highest BCUT2D eigenvalue weighted by molar-refractivity contribution is 7.80. The maximum Gasteiger partial charge on any atom is 0.103 e. The molecule has 0 unspecified atom stereocenters. The first-order chi connectivity index (χ1) is 9.08. The largest absolute Gasteiger partial charge is 0.395 e. The van der Waals surface area contributed by atoms with E-state index in [-0.39, 0.29) is 6.61 Å². The van der Waals surface area contributed by atoms with Gasteiger partial charge < -0.3 is 10.8 Å². The molecule has 0 aromatic heterocycles. The summed E-state index contributed by atoms with van der Waals surface area (Å²) in [7, 11) is 0. The lowest BCUT2D eigenvalue weighted by Gasteiger charge is -2.22. The van der Waals surface area contributed by atoms with Crippen LogP contribution in [-0.4, -0.2) is 34.7 Å². The van der Waals surface area contributed by atoms with E-state index >= 15 is 0 Å². The highest BCUT2D eigenvalue weighted by atomic mass is 32.1. The topological polar surface area (TPSA) is 49.5 Å². The van der Waals surface area contributed by atoms with Gasteiger partial charge in [-0.25, -0.2) is 0 Å². The molecule has 4 heteroatoms. The summed E-state index contributed by atoms with van der Waals surface area (Å²) < 4.78 is 0. The number of rotatable bonds is 8. The van der Waals surface area contributed by atoms with Crippen LogP contribution >= 0.6 is 12.2 Å². The molecule has 0 aliphatic heterocycles. The molecule has 0 spiro atoms. The Kier molecular flexibility index (Phi) is 6.99. The number of nitrogens with two attached hydrogens (primary N) is 1. The van der Waals surface area contributed by atoms with Crippen LogP contribution in [0.15, 0.2) is 18.2 Å². The van der Waals surface area contributed by atoms with Crippen molar-refractivity contribution in [2.45, 2.75) is 33.2 Å². The highest BCUT2D eigenvalue weighted by Crippen LogP contribution is 2.14. The molecule has 3 N–H and O–H groups in total. The molecule has 0 bridgehead atoms. The van der Waals surface area contributed by atoms with Crippen molar-refractivity contribution < 1.29 is 5.11 Å². The Bertz CT molecular complexity index is 421. The molecule has 0 amide bonds. The number of aliphatic hydroxyl groups is 1. The van der Waals surface area contributed by atoms with Crippen LogP contribution in [-0.2, 0) is 6.54 Å². The third-order valence-corrected chi connectivity index (χ3v) is 3.50. The van der Waals surface area contributed by atoms with Gasteiger partial charge in [0.05, 0.1) is 6.61 Å². The Hall–Kier alpha value is -0.970. The summed E-state index contributed by atoms with van der Waals surface area (Å²) in [6.45, 7) is 7.06. The van der Waals surface area contributed by atoms with Gasteiger partial charge in [-0.15, -0.1) is 0 Å². The Morgan fingerprint density at radius 1 is 1.37 bits per heavy atom. The molecule has 0 aliphatic carbocycles. The summed E-state index contributed by atoms with van der Waals surface area (Å²) in [5.74, 6) is 0. The first kappa shape index (κ1) is 16.1. The molecule has 3 nitrogen and oxygen atoms in total. The SMILES string of the molecule is CCCCN(CCO)Cc1ccc(C(N)=S)cc1C. The number of aliphatic hydroxyl groups excluding tert-OH is 1. The third kappa shape index (κ3) is 5.27. The fourth-order valence-corrected chi connectivity index (χ4v) is 2.19. The van der Waals surface area contributed by atoms with E-state index in [9.17, 15) is 0 Å². The predicted octanol–water partition coefficient (Wildman–Crippen LogP) is 2.22. The van der Waals surface area contributed by atoms with Crippen LogP contribution in [0.4, 0.5) is 0 Å². The number of nitrogens with zero attached hydrogens (tertiary/aromatic N) is 1. The number of unbranched alkanes of at least 4 members (excludes halogenated alkanes) is 1. The molecule has 106 valence electrons. The van der Waals surface area contributed by atoms with E-state index < -0.39 is 0 Å². The Labute approximate surface area is 121 Å². The molecule has 19 heavy (non-hydrogen) atoms. The third-order valence-electron chi connectivity index (χ3n) is 3.27. The van der Waals surface area contributed by atoms with Crippen LogP contribution in [0.1, 0.15) is 36.5 Å². The Balaban J connectivity index is 2.75. The summed E-state index contributed by atoms with van der Waals surface area (Å²) in [4.78, 5) is 2.72. The molecule has 1 rings (SSSR count). The molecule has 1 aromatic carbocycles. The van der Waals surface area contributed by atoms with Crippen LogP contribution < -0.4 is 5.73 Å². The maximum atomic E-state index is 9.12. The Morgan fingerprint density at radius 2 is 2.11 bits per heavy atom. The van der Waals surface area contributed by atoms with E-state index in [2.05, 4.69) is 24.8 Å². The van der Waals surface area contributed by atoms with Crippen molar-refractivity contribution in [3.05, 3.63) is 34.9 Å². The van der Waals surface area contributed by atoms with Gasteiger partial charge in [-0.3, -0.25) is 4.90 Å². The zero-order valence-electron chi connectivity index (χ0n) is 11.9. The first-order valence-corrected chi connectivity index (χ1v) is 7.21. The first-order valence-electron chi connectivity index (χ1n) is 6.81. The van der Waals surface area contributed by atoms with Gasteiger partial charge in [0.25, 0.3) is 0 Å². The molecule has 0 radical (unpaired) electrons. The predicted molar refractivity (Wildman–Crippen MR) is 84.3 cm³/mol. The number of thiocarbonyl (C=S) groups is 1. The Morgan fingerprint density at radius 3 is 2.63 bits per heavy atom. The lowest BCUT2D eigenvalue weighted by molar-refractivity contribution is 0.188. The molecule has 0 heterocycles. The minimum atomic E-state index is 0.202. The number of hydrogen-bond donors (Lipinski definition) is 2. The summed E-state index contributed by atoms with van der Waals surface area (Å²) in [5, 5.41) is 9.12. The molecule has 0 saturated carbocycles. The van der Waals surface area contributed by atoms with Gasteiger partial charge in [-0.1, -0.05) is 37.7 Å². The van der Waals surface area contributed by atoms with E-state index in [0.29, 0.717) is 4.99 Å². The molecule has 0 saturated heterocycles. The minimum Gasteiger partial charge on any atom is -0.395 e. The van der Waals surface area contributed by atoms with Crippen LogP contribution in [0, 0.1) is 6.92 Å². The highest BCUT2D eigenvalue weighted by Gasteiger charge is 2.08. The second-order valence-corrected chi connectivity index (χ2v) is 5.30. The molecular weight excluding hydrogens is 256 g/mol. The summed E-state index contributed by atoms with van der Waals surface area (Å²) >= 11 is 4.99. The maximum absolute atomic E-state index is 9.12. The van der Waals surface area contributed by atoms with Gasteiger partial charge in [0.2, 0.25) is 0 Å².